The van der Waals surface area contributed by atoms with Gasteiger partial charge in [-0.15, -0.1) is 0 Å². The highest BCUT2D eigenvalue weighted by Gasteiger charge is 2.24. The lowest BCUT2D eigenvalue weighted by Gasteiger charge is -2.36. The van der Waals surface area contributed by atoms with Gasteiger partial charge in [-0.25, -0.2) is 0 Å². The molecule has 0 aromatic heterocycles. The average Bonchev–Trinajstić information content (AvgIpc) is 3.37. The summed E-state index contributed by atoms with van der Waals surface area (Å²) in [5, 5.41) is 3.05. The van der Waals surface area contributed by atoms with Gasteiger partial charge in [0.25, 0.3) is 0 Å². The summed E-state index contributed by atoms with van der Waals surface area (Å²) in [6.45, 7) is 4.88. The fraction of sp³-hybridized carbons (Fsp3) is 0.588. The molecule has 0 radical (unpaired) electrons. The third-order valence-corrected chi connectivity index (χ3v) is 4.39. The van der Waals surface area contributed by atoms with Crippen molar-refractivity contribution in [1.29, 1.82) is 0 Å². The molecular formula is C17H25N3O2. The monoisotopic (exact) mass is 303 g/mol. The molecule has 0 unspecified atom stereocenters. The Morgan fingerprint density at radius 1 is 1.27 bits per heavy atom. The predicted molar refractivity (Wildman–Crippen MR) is 87.4 cm³/mol. The number of amides is 1. The number of nitrogens with one attached hydrogen (secondary N) is 1. The van der Waals surface area contributed by atoms with E-state index in [1.165, 1.54) is 5.69 Å². The topological polar surface area (TPSA) is 44.8 Å². The minimum absolute atomic E-state index is 0.206. The Morgan fingerprint density at radius 3 is 2.73 bits per heavy atom. The van der Waals surface area contributed by atoms with Crippen molar-refractivity contribution in [1.82, 2.24) is 10.2 Å². The maximum Gasteiger partial charge on any atom is 0.221 e. The molecule has 0 bridgehead atoms. The molecule has 0 spiro atoms. The van der Waals surface area contributed by atoms with Gasteiger partial charge in [0.05, 0.1) is 7.11 Å². The van der Waals surface area contributed by atoms with Crippen LogP contribution in [0.15, 0.2) is 24.3 Å². The lowest BCUT2D eigenvalue weighted by atomic mass is 10.2. The fourth-order valence-electron chi connectivity index (χ4n) is 2.82. The third kappa shape index (κ3) is 4.13. The Hall–Kier alpha value is -1.75. The van der Waals surface area contributed by atoms with E-state index < -0.39 is 0 Å². The molecule has 1 aromatic rings. The number of hydrogen-bond acceptors (Lipinski definition) is 4. The molecule has 3 rings (SSSR count). The Labute approximate surface area is 132 Å². The zero-order valence-corrected chi connectivity index (χ0v) is 13.3. The lowest BCUT2D eigenvalue weighted by Crippen LogP contribution is -2.47. The Balaban J connectivity index is 1.42. The van der Waals surface area contributed by atoms with E-state index in [-0.39, 0.29) is 5.91 Å². The van der Waals surface area contributed by atoms with Crippen molar-refractivity contribution in [2.45, 2.75) is 25.3 Å². The summed E-state index contributed by atoms with van der Waals surface area (Å²) in [6.07, 6.45) is 2.94. The van der Waals surface area contributed by atoms with Gasteiger partial charge in [-0.1, -0.05) is 6.07 Å². The largest absolute Gasteiger partial charge is 0.497 e. The van der Waals surface area contributed by atoms with Crippen LogP contribution in [0.4, 0.5) is 5.69 Å². The molecule has 1 aliphatic heterocycles. The van der Waals surface area contributed by atoms with Crippen LogP contribution in [0.2, 0.25) is 0 Å². The van der Waals surface area contributed by atoms with Crippen LogP contribution in [-0.4, -0.2) is 56.7 Å². The number of nitrogens with zero attached hydrogens (tertiary/aromatic N) is 2. The van der Waals surface area contributed by atoms with E-state index in [4.69, 9.17) is 4.74 Å². The van der Waals surface area contributed by atoms with Crippen LogP contribution in [0.5, 0.6) is 5.75 Å². The second kappa shape index (κ2) is 7.01. The van der Waals surface area contributed by atoms with Crippen LogP contribution in [0.1, 0.15) is 19.3 Å². The summed E-state index contributed by atoms with van der Waals surface area (Å²) in [5.41, 5.74) is 1.21. The highest BCUT2D eigenvalue weighted by atomic mass is 16.5. The number of anilines is 1. The number of carbonyl (C=O) groups excluding carboxylic acids is 1. The first kappa shape index (κ1) is 15.2. The van der Waals surface area contributed by atoms with Crippen molar-refractivity contribution in [3.05, 3.63) is 24.3 Å². The van der Waals surface area contributed by atoms with E-state index in [0.717, 1.165) is 51.3 Å². The molecule has 5 nitrogen and oxygen atoms in total. The molecule has 1 N–H and O–H groups in total. The van der Waals surface area contributed by atoms with Gasteiger partial charge in [-0.2, -0.15) is 0 Å². The van der Waals surface area contributed by atoms with Crippen LogP contribution in [0.25, 0.3) is 0 Å². The number of methoxy groups -OCH3 is 1. The van der Waals surface area contributed by atoms with Gasteiger partial charge >= 0.3 is 0 Å². The molecule has 2 aliphatic rings. The van der Waals surface area contributed by atoms with E-state index >= 15 is 0 Å². The van der Waals surface area contributed by atoms with Gasteiger partial charge in [0.15, 0.2) is 0 Å². The zero-order chi connectivity index (χ0) is 15.4. The van der Waals surface area contributed by atoms with Crippen molar-refractivity contribution >= 4 is 11.6 Å². The van der Waals surface area contributed by atoms with Crippen molar-refractivity contribution in [2.24, 2.45) is 0 Å². The molecule has 1 saturated heterocycles. The predicted octanol–water partition coefficient (Wildman–Crippen LogP) is 1.49. The van der Waals surface area contributed by atoms with Gasteiger partial charge in [-0.3, -0.25) is 9.69 Å². The number of rotatable bonds is 6. The number of benzene rings is 1. The molecule has 1 heterocycles. The van der Waals surface area contributed by atoms with E-state index in [2.05, 4.69) is 27.2 Å². The standard InChI is InChI=1S/C17H25N3O2/c1-22-16-4-2-3-15(13-16)20-11-9-19(10-12-20)8-7-17(21)18-14-5-6-14/h2-4,13-14H,5-12H2,1H3,(H,18,21). The second-order valence-electron chi connectivity index (χ2n) is 6.12. The van der Waals surface area contributed by atoms with E-state index in [1.807, 2.05) is 12.1 Å². The summed E-state index contributed by atoms with van der Waals surface area (Å²) in [6, 6.07) is 8.68. The van der Waals surface area contributed by atoms with E-state index in [1.54, 1.807) is 7.11 Å². The van der Waals surface area contributed by atoms with Gasteiger partial charge in [-0.05, 0) is 25.0 Å². The number of carbonyl (C=O) groups is 1. The van der Waals surface area contributed by atoms with Crippen molar-refractivity contribution in [3.63, 3.8) is 0 Å². The first-order chi connectivity index (χ1) is 10.7. The van der Waals surface area contributed by atoms with Gasteiger partial charge in [0.1, 0.15) is 5.75 Å². The smallest absolute Gasteiger partial charge is 0.221 e. The zero-order valence-electron chi connectivity index (χ0n) is 13.3. The number of ether oxygens (including phenoxy) is 1. The molecule has 1 amide bonds. The summed E-state index contributed by atoms with van der Waals surface area (Å²) in [4.78, 5) is 16.5. The normalized spacial score (nSPS) is 19.0. The quantitative estimate of drug-likeness (QED) is 0.865. The van der Waals surface area contributed by atoms with Crippen LogP contribution < -0.4 is 15.0 Å². The molecule has 2 fully saturated rings. The van der Waals surface area contributed by atoms with E-state index in [9.17, 15) is 4.79 Å². The number of piperazine rings is 1. The Kier molecular flexibility index (Phi) is 4.83. The Morgan fingerprint density at radius 2 is 2.05 bits per heavy atom. The maximum atomic E-state index is 11.7. The average molecular weight is 303 g/mol. The Bertz CT molecular complexity index is 508. The van der Waals surface area contributed by atoms with E-state index in [0.29, 0.717) is 12.5 Å². The minimum Gasteiger partial charge on any atom is -0.497 e. The van der Waals surface area contributed by atoms with Gasteiger partial charge in [0.2, 0.25) is 5.91 Å². The molecule has 22 heavy (non-hydrogen) atoms. The second-order valence-corrected chi connectivity index (χ2v) is 6.12. The molecule has 0 atom stereocenters. The van der Waals surface area contributed by atoms with Crippen LogP contribution in [0, 0.1) is 0 Å². The maximum absolute atomic E-state index is 11.7. The third-order valence-electron chi connectivity index (χ3n) is 4.39. The van der Waals surface area contributed by atoms with Gasteiger partial charge < -0.3 is 15.0 Å². The summed E-state index contributed by atoms with van der Waals surface area (Å²) < 4.78 is 5.29. The molecule has 1 saturated carbocycles. The summed E-state index contributed by atoms with van der Waals surface area (Å²) in [7, 11) is 1.70. The highest BCUT2D eigenvalue weighted by molar-refractivity contribution is 5.76. The lowest BCUT2D eigenvalue weighted by molar-refractivity contribution is -0.121. The molecule has 5 heteroatoms. The summed E-state index contributed by atoms with van der Waals surface area (Å²) in [5.74, 6) is 1.11. The minimum atomic E-state index is 0.206. The molecule has 120 valence electrons. The molecule has 1 aliphatic carbocycles. The van der Waals surface area contributed by atoms with Crippen LogP contribution >= 0.6 is 0 Å². The van der Waals surface area contributed by atoms with Crippen LogP contribution in [0.3, 0.4) is 0 Å². The summed E-state index contributed by atoms with van der Waals surface area (Å²) >= 11 is 0. The molecule has 1 aromatic carbocycles. The first-order valence-electron chi connectivity index (χ1n) is 8.15. The SMILES string of the molecule is COc1cccc(N2CCN(CCC(=O)NC3CC3)CC2)c1. The van der Waals surface area contributed by atoms with Crippen molar-refractivity contribution in [3.8, 4) is 5.75 Å². The fourth-order valence-corrected chi connectivity index (χ4v) is 2.82. The number of hydrogen-bond donors (Lipinski definition) is 1. The van der Waals surface area contributed by atoms with Crippen LogP contribution in [-0.2, 0) is 4.79 Å². The van der Waals surface area contributed by atoms with Crippen molar-refractivity contribution in [2.75, 3.05) is 44.7 Å². The highest BCUT2D eigenvalue weighted by Crippen LogP contribution is 2.22. The first-order valence-corrected chi connectivity index (χ1v) is 8.15. The van der Waals surface area contributed by atoms with Gasteiger partial charge in [0, 0.05) is 56.9 Å². The molecular weight excluding hydrogens is 278 g/mol. The van der Waals surface area contributed by atoms with Crippen molar-refractivity contribution < 1.29 is 9.53 Å².